The van der Waals surface area contributed by atoms with Crippen LogP contribution in [0.15, 0.2) is 121 Å². The number of fused-ring (bicyclic) bond motifs is 1. The van der Waals surface area contributed by atoms with Crippen LogP contribution in [-0.4, -0.2) is 174 Å². The normalized spacial score (nSPS) is 15.2. The maximum absolute atomic E-state index is 15.0. The predicted octanol–water partition coefficient (Wildman–Crippen LogP) is 1.57. The molecule has 29 nitrogen and oxygen atoms in total. The number of urea groups is 1. The Balaban J connectivity index is 1.25. The first-order chi connectivity index (χ1) is 49.1. The highest BCUT2D eigenvalue weighted by Gasteiger charge is 2.40. The smallest absolute Gasteiger partial charge is 0.312 e. The molecule has 0 bridgehead atoms. The zero-order chi connectivity index (χ0) is 75.3. The first-order valence-corrected chi connectivity index (χ1v) is 35.0. The number of aliphatic imine (C=N–C) groups is 1. The molecule has 13 amide bonds. The van der Waals surface area contributed by atoms with Crippen LogP contribution in [0.2, 0.25) is 5.02 Å². The Bertz CT molecular complexity index is 3790. The van der Waals surface area contributed by atoms with Crippen molar-refractivity contribution in [2.24, 2.45) is 28.1 Å². The molecule has 10 atom stereocenters. The number of halogens is 1. The second kappa shape index (κ2) is 40.7. The Morgan fingerprint density at radius 3 is 1.63 bits per heavy atom. The molecule has 1 aliphatic heterocycles. The summed E-state index contributed by atoms with van der Waals surface area (Å²) in [6.07, 6.45) is 3.51. The number of carbonyl (C=O) groups excluding carboxylic acids is 12. The molecule has 6 rings (SSSR count). The lowest BCUT2D eigenvalue weighted by Gasteiger charge is -2.31. The number of amides is 13. The van der Waals surface area contributed by atoms with Gasteiger partial charge >= 0.3 is 6.03 Å². The Kier molecular flexibility index (Phi) is 32.1. The van der Waals surface area contributed by atoms with Gasteiger partial charge in [-0.25, -0.2) is 4.79 Å². The van der Waals surface area contributed by atoms with Crippen LogP contribution < -0.4 is 75.7 Å². The highest BCUT2D eigenvalue weighted by atomic mass is 35.5. The van der Waals surface area contributed by atoms with Gasteiger partial charge in [0, 0.05) is 76.7 Å². The zero-order valence-electron chi connectivity index (χ0n) is 59.3. The second-order valence-electron chi connectivity index (χ2n) is 26.1. The minimum absolute atomic E-state index is 0.000863. The molecule has 1 fully saturated rings. The average molecular weight is 1440 g/mol. The number of guanidine groups is 1. The van der Waals surface area contributed by atoms with E-state index in [0.717, 1.165) is 21.9 Å². The molecule has 5 aromatic rings. The first-order valence-electron chi connectivity index (χ1n) is 34.6. The van der Waals surface area contributed by atoms with Gasteiger partial charge in [0.05, 0.1) is 0 Å². The summed E-state index contributed by atoms with van der Waals surface area (Å²) in [6.45, 7) is 10.1. The number of hydrogen-bond acceptors (Lipinski definition) is 14. The van der Waals surface area contributed by atoms with Crippen LogP contribution in [0.5, 0.6) is 0 Å². The number of pyridine rings is 1. The molecule has 0 aliphatic carbocycles. The van der Waals surface area contributed by atoms with Crippen LogP contribution in [0, 0.1) is 12.8 Å². The molecule has 0 saturated carbocycles. The molecule has 1 aromatic heterocycles. The van der Waals surface area contributed by atoms with Crippen LogP contribution in [0.3, 0.4) is 0 Å². The fourth-order valence-corrected chi connectivity index (χ4v) is 12.0. The standard InChI is InChI=1S/C73H98ClN17O12/c1-8-53(84-67(98)60(40-49-15-11-31-79-41-49)90-69(100)59(38-47-26-29-52(74)30-27-47)89-66(97)57(83-45(6)92)39-48-25-28-50-16-9-10-17-51(50)36-48)63(94)88-58(37-46-23-21-43(4)22-24-46)68(99)85-54(18-12-33-81-73(77)103)64(95)87-56(35-42(2)3)65(96)86-55(19-13-32-80-72(75)76)71(102)91-34-14-20-61(91)70(101)82-44(5)62(93)78-7/h9-11,15-17,21-31,36,41-42,44,53-61H,8,12-14,18-20,32-35,37-40H2,1-7H3,(H,78,93)(H,82,101)(H,83,92)(H,84,98)(H,85,99)(H,86,96)(H,87,95)(H,88,94)(H,89,97)(H,90,100)(H4,75,76,80)(H3,77,81,103)/t44-,53+,54-,55+,56+,57-,58+,59-,60-,61-/m1/s1. The van der Waals surface area contributed by atoms with Crippen molar-refractivity contribution >= 4 is 99.3 Å². The Morgan fingerprint density at radius 1 is 0.563 bits per heavy atom. The van der Waals surface area contributed by atoms with Crippen molar-refractivity contribution in [3.63, 3.8) is 0 Å². The number of nitrogens with zero attached hydrogens (tertiary/aromatic N) is 3. The molecule has 554 valence electrons. The van der Waals surface area contributed by atoms with Crippen molar-refractivity contribution < 1.29 is 57.5 Å². The summed E-state index contributed by atoms with van der Waals surface area (Å²) in [7, 11) is 1.42. The van der Waals surface area contributed by atoms with Crippen molar-refractivity contribution in [3.8, 4) is 0 Å². The molecule has 0 spiro atoms. The van der Waals surface area contributed by atoms with Gasteiger partial charge in [0.15, 0.2) is 5.96 Å². The van der Waals surface area contributed by atoms with Gasteiger partial charge in [0.2, 0.25) is 65.0 Å². The molecule has 0 radical (unpaired) electrons. The number of carbonyl (C=O) groups is 12. The SMILES string of the molecule is CC[C@H](NC(=O)[C@@H](Cc1cccnc1)NC(=O)[C@@H](Cc1ccc(Cl)cc1)NC(=O)[C@@H](Cc1ccc2ccccc2c1)NC(C)=O)C(=O)N[C@@H](Cc1ccc(C)cc1)C(=O)N[C@H](CCCNC(N)=O)C(=O)N[C@@H](CC(C)C)C(=O)N[C@@H](CCCN=C(N)N)C(=O)N1CCC[C@@H]1C(=O)N[C@H](C)C(=O)NC. The summed E-state index contributed by atoms with van der Waals surface area (Å²) >= 11 is 6.25. The molecule has 1 aliphatic rings. The Hall–Kier alpha value is -10.7. The number of likely N-dealkylation sites (tertiary alicyclic amines) is 1. The van der Waals surface area contributed by atoms with E-state index in [-0.39, 0.29) is 102 Å². The molecule has 103 heavy (non-hydrogen) atoms. The van der Waals surface area contributed by atoms with E-state index in [1.54, 1.807) is 81.4 Å². The van der Waals surface area contributed by atoms with Crippen molar-refractivity contribution in [2.45, 2.75) is 179 Å². The molecule has 4 aromatic carbocycles. The lowest BCUT2D eigenvalue weighted by molar-refractivity contribution is -0.142. The van der Waals surface area contributed by atoms with Crippen LogP contribution in [0.4, 0.5) is 4.79 Å². The number of likely N-dealkylation sites (N-methyl/N-ethyl adjacent to an activating group) is 1. The van der Waals surface area contributed by atoms with Gasteiger partial charge in [-0.2, -0.15) is 0 Å². The van der Waals surface area contributed by atoms with E-state index < -0.39 is 131 Å². The molecular formula is C73H98ClN17O12. The van der Waals surface area contributed by atoms with Gasteiger partial charge in [-0.1, -0.05) is 123 Å². The van der Waals surface area contributed by atoms with E-state index in [0.29, 0.717) is 28.1 Å². The highest BCUT2D eigenvalue weighted by molar-refractivity contribution is 6.30. The molecule has 1 saturated heterocycles. The van der Waals surface area contributed by atoms with E-state index in [4.69, 9.17) is 28.8 Å². The summed E-state index contributed by atoms with van der Waals surface area (Å²) in [5.74, 6) is -8.20. The van der Waals surface area contributed by atoms with E-state index in [9.17, 15) is 57.5 Å². The van der Waals surface area contributed by atoms with Crippen LogP contribution >= 0.6 is 11.6 Å². The van der Waals surface area contributed by atoms with Gasteiger partial charge < -0.3 is 80.6 Å². The zero-order valence-corrected chi connectivity index (χ0v) is 60.0. The summed E-state index contributed by atoms with van der Waals surface area (Å²) < 4.78 is 0. The second-order valence-corrected chi connectivity index (χ2v) is 26.5. The van der Waals surface area contributed by atoms with Gasteiger partial charge in [-0.15, -0.1) is 0 Å². The maximum Gasteiger partial charge on any atom is 0.312 e. The fourth-order valence-electron chi connectivity index (χ4n) is 11.9. The highest BCUT2D eigenvalue weighted by Crippen LogP contribution is 2.22. The largest absolute Gasteiger partial charge is 0.370 e. The van der Waals surface area contributed by atoms with Crippen molar-refractivity contribution in [1.82, 2.24) is 68.4 Å². The number of aryl methyl sites for hydroxylation is 1. The van der Waals surface area contributed by atoms with E-state index in [1.807, 2.05) is 49.4 Å². The summed E-state index contributed by atoms with van der Waals surface area (Å²) in [5.41, 5.74) is 19.9. The van der Waals surface area contributed by atoms with Crippen LogP contribution in [-0.2, 0) is 78.4 Å². The minimum atomic E-state index is -1.45. The lowest BCUT2D eigenvalue weighted by Crippen LogP contribution is -2.61. The van der Waals surface area contributed by atoms with Crippen molar-refractivity contribution in [1.29, 1.82) is 0 Å². The summed E-state index contributed by atoms with van der Waals surface area (Å²) in [4.78, 5) is 178. The van der Waals surface area contributed by atoms with Crippen LogP contribution in [0.1, 0.15) is 114 Å². The van der Waals surface area contributed by atoms with Gasteiger partial charge in [0.1, 0.15) is 60.4 Å². The van der Waals surface area contributed by atoms with Gasteiger partial charge in [-0.05, 0) is 122 Å². The number of hydrogen-bond donors (Lipinski definition) is 14. The Labute approximate surface area is 604 Å². The predicted molar refractivity (Wildman–Crippen MR) is 390 cm³/mol. The maximum atomic E-state index is 15.0. The monoisotopic (exact) mass is 1440 g/mol. The third-order valence-corrected chi connectivity index (χ3v) is 17.6. The van der Waals surface area contributed by atoms with E-state index >= 15 is 0 Å². The lowest BCUT2D eigenvalue weighted by atomic mass is 9.99. The summed E-state index contributed by atoms with van der Waals surface area (Å²) in [6, 6.07) is 16.8. The van der Waals surface area contributed by atoms with Crippen molar-refractivity contribution in [3.05, 3.63) is 148 Å². The summed E-state index contributed by atoms with van der Waals surface area (Å²) in [5, 5.41) is 32.1. The van der Waals surface area contributed by atoms with Gasteiger partial charge in [0.25, 0.3) is 0 Å². The first kappa shape index (κ1) is 81.3. The quantitative estimate of drug-likeness (QED) is 0.0152. The third kappa shape index (κ3) is 26.6. The molecule has 0 unspecified atom stereocenters. The number of benzene rings is 4. The average Bonchev–Trinajstić information content (AvgIpc) is 1.79. The number of aromatic nitrogens is 1. The van der Waals surface area contributed by atoms with Crippen LogP contribution in [0.25, 0.3) is 10.8 Å². The van der Waals surface area contributed by atoms with E-state index in [2.05, 4.69) is 68.5 Å². The topological polar surface area (TPSA) is 444 Å². The third-order valence-electron chi connectivity index (χ3n) is 17.3. The van der Waals surface area contributed by atoms with E-state index in [1.165, 1.54) is 38.2 Å². The Morgan fingerprint density at radius 2 is 1.07 bits per heavy atom. The van der Waals surface area contributed by atoms with Crippen molar-refractivity contribution in [2.75, 3.05) is 26.7 Å². The van der Waals surface area contributed by atoms with Gasteiger partial charge in [-0.3, -0.25) is 62.7 Å². The number of rotatable bonds is 38. The molecule has 30 heteroatoms. The minimum Gasteiger partial charge on any atom is -0.370 e. The number of primary amides is 1. The number of nitrogens with one attached hydrogen (secondary N) is 11. The number of nitrogens with two attached hydrogens (primary N) is 3. The molecule has 17 N–H and O–H groups in total. The molecule has 2 heterocycles. The molecular weight excluding hydrogens is 1340 g/mol. The fraction of sp³-hybridized carbons (Fsp3) is 0.452.